The lowest BCUT2D eigenvalue weighted by Gasteiger charge is -2.40. The van der Waals surface area contributed by atoms with Crippen LogP contribution in [0.15, 0.2) is 279 Å². The van der Waals surface area contributed by atoms with E-state index < -0.39 is 21.7 Å². The average Bonchev–Trinajstić information content (AvgIpc) is 1.47. The Morgan fingerprint density at radius 2 is 0.368 bits per heavy atom. The number of aryl methyl sites for hydroxylation is 4. The molecule has 0 unspecified atom stereocenters. The molecule has 0 fully saturated rings. The molecule has 0 amide bonds. The monoisotopic (exact) mass is 1390 g/mol. The van der Waals surface area contributed by atoms with Crippen LogP contribution in [0.4, 0.5) is 0 Å². The van der Waals surface area contributed by atoms with Gasteiger partial charge in [0.05, 0.1) is 21.7 Å². The predicted octanol–water partition coefficient (Wildman–Crippen LogP) is 28.5. The second-order valence-electron chi connectivity index (χ2n) is 31.9. The molecule has 0 spiro atoms. The van der Waals surface area contributed by atoms with Crippen LogP contribution in [0.1, 0.15) is 293 Å². The molecule has 0 heterocycles. The Morgan fingerprint density at radius 3 is 0.623 bits per heavy atom. The summed E-state index contributed by atoms with van der Waals surface area (Å²) in [5, 5.41) is 0. The number of fused-ring (bicyclic) bond motifs is 8. The summed E-state index contributed by atoms with van der Waals surface area (Å²) in [7, 11) is 0. The standard InChI is InChI=1S/C106H114/c1-5-9-13-17-21-29-45-79-61-69-87(70-62-79)103(88-71-63-80(64-72-88)46-30-22-18-14-10-6-2)95-59-43-41-57-91(95)99-101(103)93-77-98-94(78-97(93)105(99,83-49-33-25-34-50-83)84-51-35-26-36-52-84)102-100(106(98,85-53-37-27-38-54-85)86-55-39-28-40-56-86)92-58-42-44-60-96(92)104(102,89-73-65-81(66-74-89)47-31-23-19-15-11-7-3)90-75-67-82(68-76-90)48-32-24-20-16-12-8-4/h25-28,33-44,49-78H,5-24,29-32,45-48H2,1-4H3. The van der Waals surface area contributed by atoms with Gasteiger partial charge in [-0.15, -0.1) is 0 Å². The van der Waals surface area contributed by atoms with Crippen LogP contribution in [-0.4, -0.2) is 0 Å². The molecule has 4 aliphatic carbocycles. The lowest BCUT2D eigenvalue weighted by Crippen LogP contribution is -2.33. The van der Waals surface area contributed by atoms with Crippen LogP contribution >= 0.6 is 0 Å². The van der Waals surface area contributed by atoms with Crippen molar-refractivity contribution in [2.45, 2.75) is 229 Å². The van der Waals surface area contributed by atoms with Crippen molar-refractivity contribution in [1.29, 1.82) is 0 Å². The number of allylic oxidation sites excluding steroid dienone is 4. The van der Waals surface area contributed by atoms with Crippen molar-refractivity contribution in [3.63, 3.8) is 0 Å². The van der Waals surface area contributed by atoms with E-state index in [0.29, 0.717) is 0 Å². The molecule has 0 bridgehead atoms. The van der Waals surface area contributed by atoms with Crippen molar-refractivity contribution in [3.05, 3.63) is 390 Å². The first-order valence-electron chi connectivity index (χ1n) is 42.0. The fraction of sp³-hybridized carbons (Fsp3) is 0.340. The summed E-state index contributed by atoms with van der Waals surface area (Å²) in [6.07, 6.45) is 35.3. The summed E-state index contributed by atoms with van der Waals surface area (Å²) in [6.45, 7) is 9.29. The van der Waals surface area contributed by atoms with Gasteiger partial charge >= 0.3 is 0 Å². The fourth-order valence-electron chi connectivity index (χ4n) is 20.3. The number of hydrogen-bond acceptors (Lipinski definition) is 0. The van der Waals surface area contributed by atoms with E-state index >= 15 is 0 Å². The molecular weight excluding hydrogens is 1270 g/mol. The maximum absolute atomic E-state index is 2.83. The third-order valence-electron chi connectivity index (χ3n) is 25.4. The van der Waals surface area contributed by atoms with E-state index in [4.69, 9.17) is 0 Å². The molecule has 0 radical (unpaired) electrons. The first-order valence-corrected chi connectivity index (χ1v) is 42.0. The van der Waals surface area contributed by atoms with Crippen LogP contribution in [0.2, 0.25) is 0 Å². The first-order chi connectivity index (χ1) is 52.5. The van der Waals surface area contributed by atoms with Crippen molar-refractivity contribution in [2.24, 2.45) is 0 Å². The normalized spacial score (nSPS) is 15.1. The van der Waals surface area contributed by atoms with E-state index in [1.54, 1.807) is 0 Å². The second kappa shape index (κ2) is 33.4. The summed E-state index contributed by atoms with van der Waals surface area (Å²) in [5.74, 6) is 0. The molecule has 538 valence electrons. The Labute approximate surface area is 637 Å². The highest BCUT2D eigenvalue weighted by molar-refractivity contribution is 6.19. The Kier molecular flexibility index (Phi) is 22.8. The molecule has 0 saturated carbocycles. The summed E-state index contributed by atoms with van der Waals surface area (Å²) in [6, 6.07) is 113. The maximum atomic E-state index is 2.83. The lowest BCUT2D eigenvalue weighted by atomic mass is 9.61. The predicted molar refractivity (Wildman–Crippen MR) is 452 cm³/mol. The van der Waals surface area contributed by atoms with Gasteiger partial charge in [-0.05, 0) is 197 Å². The van der Waals surface area contributed by atoms with Gasteiger partial charge in [0.25, 0.3) is 0 Å². The zero-order valence-corrected chi connectivity index (χ0v) is 64.4. The van der Waals surface area contributed by atoms with E-state index in [1.807, 2.05) is 0 Å². The van der Waals surface area contributed by atoms with Crippen LogP contribution in [0.5, 0.6) is 0 Å². The SMILES string of the molecule is CCCCCCCCc1ccc(C2(c3ccc(CCCCCCCC)cc3)C3=C(c4ccccc42)C(c2ccccc2)(c2ccccc2)c2cc4c(cc23)C(c2ccccc2)(c2ccccc2)C2=C4C(c3ccc(CCCCCCCC)cc3)(c3ccc(CCCCCCCC)cc3)c3ccccc32)cc1. The van der Waals surface area contributed by atoms with Crippen LogP contribution < -0.4 is 0 Å². The Bertz CT molecular complexity index is 4250. The van der Waals surface area contributed by atoms with Crippen molar-refractivity contribution >= 4 is 22.3 Å². The molecule has 0 heteroatoms. The van der Waals surface area contributed by atoms with E-state index in [-0.39, 0.29) is 0 Å². The summed E-state index contributed by atoms with van der Waals surface area (Å²) in [5.41, 5.74) is 29.5. The number of unbranched alkanes of at least 4 members (excludes halogenated alkanes) is 20. The molecule has 4 aliphatic rings. The Balaban J connectivity index is 1.04. The summed E-state index contributed by atoms with van der Waals surface area (Å²) < 4.78 is 0. The smallest absolute Gasteiger partial charge is 0.0654 e. The molecule has 0 saturated heterocycles. The Hall–Kier alpha value is -9.10. The number of benzene rings is 11. The minimum Gasteiger partial charge on any atom is -0.0654 e. The van der Waals surface area contributed by atoms with Crippen LogP contribution in [0.3, 0.4) is 0 Å². The molecular formula is C106H114. The average molecular weight is 1390 g/mol. The molecule has 15 rings (SSSR count). The first kappa shape index (κ1) is 72.5. The molecule has 0 atom stereocenters. The van der Waals surface area contributed by atoms with E-state index in [1.165, 1.54) is 288 Å². The highest BCUT2D eigenvalue weighted by atomic mass is 14.6. The number of rotatable bonds is 36. The van der Waals surface area contributed by atoms with E-state index in [0.717, 1.165) is 25.7 Å². The minimum atomic E-state index is -0.772. The third kappa shape index (κ3) is 13.1. The second-order valence-corrected chi connectivity index (χ2v) is 31.9. The van der Waals surface area contributed by atoms with Crippen LogP contribution in [-0.2, 0) is 47.3 Å². The van der Waals surface area contributed by atoms with Crippen molar-refractivity contribution in [1.82, 2.24) is 0 Å². The maximum Gasteiger partial charge on any atom is 0.0717 e. The Morgan fingerprint density at radius 1 is 0.170 bits per heavy atom. The molecule has 0 aliphatic heterocycles. The van der Waals surface area contributed by atoms with Gasteiger partial charge in [0.2, 0.25) is 0 Å². The number of hydrogen-bond donors (Lipinski definition) is 0. The van der Waals surface area contributed by atoms with E-state index in [9.17, 15) is 0 Å². The zero-order chi connectivity index (χ0) is 72.2. The molecule has 11 aromatic rings. The highest BCUT2D eigenvalue weighted by Crippen LogP contribution is 2.74. The third-order valence-corrected chi connectivity index (χ3v) is 25.4. The van der Waals surface area contributed by atoms with Gasteiger partial charge in [0.1, 0.15) is 0 Å². The fourth-order valence-corrected chi connectivity index (χ4v) is 20.3. The zero-order valence-electron chi connectivity index (χ0n) is 64.4. The molecule has 106 heavy (non-hydrogen) atoms. The van der Waals surface area contributed by atoms with Crippen molar-refractivity contribution in [2.75, 3.05) is 0 Å². The minimum absolute atomic E-state index is 0.723. The van der Waals surface area contributed by atoms with Crippen LogP contribution in [0, 0.1) is 0 Å². The molecule has 0 N–H and O–H groups in total. The quantitative estimate of drug-likeness (QED) is 0.0343. The van der Waals surface area contributed by atoms with Gasteiger partial charge in [-0.1, -0.05) is 423 Å². The van der Waals surface area contributed by atoms with Gasteiger partial charge in [0.15, 0.2) is 0 Å². The molecule has 0 aromatic heterocycles. The van der Waals surface area contributed by atoms with Crippen molar-refractivity contribution in [3.8, 4) is 0 Å². The molecule has 0 nitrogen and oxygen atoms in total. The van der Waals surface area contributed by atoms with Gasteiger partial charge < -0.3 is 0 Å². The summed E-state index contributed by atoms with van der Waals surface area (Å²) >= 11 is 0. The lowest BCUT2D eigenvalue weighted by molar-refractivity contribution is 0.607. The largest absolute Gasteiger partial charge is 0.0717 e. The van der Waals surface area contributed by atoms with Gasteiger partial charge in [-0.3, -0.25) is 0 Å². The van der Waals surface area contributed by atoms with E-state index in [2.05, 4.69) is 307 Å². The van der Waals surface area contributed by atoms with Gasteiger partial charge in [0, 0.05) is 0 Å². The van der Waals surface area contributed by atoms with Gasteiger partial charge in [-0.25, -0.2) is 0 Å². The highest BCUT2D eigenvalue weighted by Gasteiger charge is 2.64. The topological polar surface area (TPSA) is 0 Å². The van der Waals surface area contributed by atoms with Gasteiger partial charge in [-0.2, -0.15) is 0 Å². The van der Waals surface area contributed by atoms with Crippen LogP contribution in [0.25, 0.3) is 22.3 Å². The molecule has 11 aromatic carbocycles. The van der Waals surface area contributed by atoms with Crippen molar-refractivity contribution < 1.29 is 0 Å². The summed E-state index contributed by atoms with van der Waals surface area (Å²) in [4.78, 5) is 0.